The standard InChI is InChI=1S/C16H30N2O2/c1-2-20-16(19)10-4-3-5-12-18-13-7-9-15(18)14-8-6-11-17-14/h14-15,17H,2-13H2,1H3. The molecule has 2 aliphatic heterocycles. The molecule has 0 aromatic heterocycles. The fraction of sp³-hybridized carbons (Fsp3) is 0.938. The van der Waals surface area contributed by atoms with E-state index in [4.69, 9.17) is 4.74 Å². The predicted molar refractivity (Wildman–Crippen MR) is 80.7 cm³/mol. The second-order valence-corrected chi connectivity index (χ2v) is 6.06. The Hall–Kier alpha value is -0.610. The van der Waals surface area contributed by atoms with Crippen molar-refractivity contribution >= 4 is 5.97 Å². The van der Waals surface area contributed by atoms with E-state index in [0.29, 0.717) is 13.0 Å². The number of esters is 1. The maximum atomic E-state index is 11.2. The lowest BCUT2D eigenvalue weighted by atomic mass is 10.0. The summed E-state index contributed by atoms with van der Waals surface area (Å²) in [5, 5.41) is 3.66. The average Bonchev–Trinajstić information content (AvgIpc) is 3.09. The number of hydrogen-bond donors (Lipinski definition) is 1. The molecular formula is C16H30N2O2. The molecule has 0 bridgehead atoms. The normalized spacial score (nSPS) is 27.1. The Balaban J connectivity index is 1.57. The van der Waals surface area contributed by atoms with Gasteiger partial charge in [0, 0.05) is 18.5 Å². The summed E-state index contributed by atoms with van der Waals surface area (Å²) in [5.41, 5.74) is 0. The highest BCUT2D eigenvalue weighted by molar-refractivity contribution is 5.69. The van der Waals surface area contributed by atoms with Crippen LogP contribution in [0.2, 0.25) is 0 Å². The minimum Gasteiger partial charge on any atom is -0.466 e. The number of likely N-dealkylation sites (tertiary alicyclic amines) is 1. The van der Waals surface area contributed by atoms with Crippen molar-refractivity contribution in [2.75, 3.05) is 26.2 Å². The second kappa shape index (κ2) is 8.63. The SMILES string of the molecule is CCOC(=O)CCCCCN1CCCC1C1CCCN1. The number of nitrogens with one attached hydrogen (secondary N) is 1. The van der Waals surface area contributed by atoms with Crippen LogP contribution in [-0.4, -0.2) is 49.2 Å². The van der Waals surface area contributed by atoms with Gasteiger partial charge in [0.1, 0.15) is 0 Å². The van der Waals surface area contributed by atoms with E-state index in [1.807, 2.05) is 6.92 Å². The third-order valence-electron chi connectivity index (χ3n) is 4.61. The van der Waals surface area contributed by atoms with Crippen LogP contribution in [0.5, 0.6) is 0 Å². The minimum absolute atomic E-state index is 0.0401. The number of carbonyl (C=O) groups excluding carboxylic acids is 1. The summed E-state index contributed by atoms with van der Waals surface area (Å²) < 4.78 is 4.95. The number of ether oxygens (including phenoxy) is 1. The number of carbonyl (C=O) groups is 1. The van der Waals surface area contributed by atoms with Gasteiger partial charge in [-0.15, -0.1) is 0 Å². The van der Waals surface area contributed by atoms with E-state index >= 15 is 0 Å². The van der Waals surface area contributed by atoms with Gasteiger partial charge in [-0.1, -0.05) is 6.42 Å². The van der Waals surface area contributed by atoms with Gasteiger partial charge in [-0.3, -0.25) is 9.69 Å². The van der Waals surface area contributed by atoms with Crippen molar-refractivity contribution in [1.82, 2.24) is 10.2 Å². The Labute approximate surface area is 123 Å². The maximum absolute atomic E-state index is 11.2. The molecule has 4 heteroatoms. The van der Waals surface area contributed by atoms with Crippen molar-refractivity contribution in [2.24, 2.45) is 0 Å². The summed E-state index contributed by atoms with van der Waals surface area (Å²) in [7, 11) is 0. The highest BCUT2D eigenvalue weighted by Gasteiger charge is 2.32. The van der Waals surface area contributed by atoms with Crippen LogP contribution in [-0.2, 0) is 9.53 Å². The molecule has 1 N–H and O–H groups in total. The van der Waals surface area contributed by atoms with E-state index in [1.54, 1.807) is 0 Å². The van der Waals surface area contributed by atoms with Crippen LogP contribution in [0.1, 0.15) is 58.3 Å². The first-order chi connectivity index (χ1) is 9.81. The summed E-state index contributed by atoms with van der Waals surface area (Å²) in [6, 6.07) is 1.50. The summed E-state index contributed by atoms with van der Waals surface area (Å²) in [4.78, 5) is 13.9. The highest BCUT2D eigenvalue weighted by atomic mass is 16.5. The van der Waals surface area contributed by atoms with Crippen molar-refractivity contribution in [2.45, 2.75) is 70.4 Å². The Morgan fingerprint density at radius 2 is 2.15 bits per heavy atom. The van der Waals surface area contributed by atoms with Crippen LogP contribution >= 0.6 is 0 Å². The fourth-order valence-corrected chi connectivity index (χ4v) is 3.62. The van der Waals surface area contributed by atoms with E-state index in [-0.39, 0.29) is 5.97 Å². The van der Waals surface area contributed by atoms with Gasteiger partial charge in [-0.2, -0.15) is 0 Å². The van der Waals surface area contributed by atoms with Crippen molar-refractivity contribution in [3.63, 3.8) is 0 Å². The Morgan fingerprint density at radius 3 is 2.90 bits per heavy atom. The van der Waals surface area contributed by atoms with Gasteiger partial charge in [0.25, 0.3) is 0 Å². The van der Waals surface area contributed by atoms with Gasteiger partial charge in [0.15, 0.2) is 0 Å². The predicted octanol–water partition coefficient (Wildman–Crippen LogP) is 2.33. The summed E-state index contributed by atoms with van der Waals surface area (Å²) in [6.45, 7) is 6.03. The van der Waals surface area contributed by atoms with Crippen LogP contribution in [0.4, 0.5) is 0 Å². The zero-order valence-corrected chi connectivity index (χ0v) is 12.9. The van der Waals surface area contributed by atoms with Crippen LogP contribution in [0, 0.1) is 0 Å². The maximum Gasteiger partial charge on any atom is 0.305 e. The fourth-order valence-electron chi connectivity index (χ4n) is 3.62. The monoisotopic (exact) mass is 282 g/mol. The number of unbranched alkanes of at least 4 members (excludes halogenated alkanes) is 2. The molecule has 20 heavy (non-hydrogen) atoms. The van der Waals surface area contributed by atoms with Gasteiger partial charge < -0.3 is 10.1 Å². The first-order valence-corrected chi connectivity index (χ1v) is 8.44. The summed E-state index contributed by atoms with van der Waals surface area (Å²) in [6.07, 6.45) is 9.31. The molecule has 2 fully saturated rings. The van der Waals surface area contributed by atoms with Gasteiger partial charge in [0.05, 0.1) is 6.61 Å². The number of nitrogens with zero attached hydrogens (tertiary/aromatic N) is 1. The third-order valence-corrected chi connectivity index (χ3v) is 4.61. The lowest BCUT2D eigenvalue weighted by Crippen LogP contribution is -2.44. The molecule has 2 atom stereocenters. The average molecular weight is 282 g/mol. The van der Waals surface area contributed by atoms with Gasteiger partial charge in [-0.05, 0) is 65.1 Å². The number of rotatable bonds is 8. The third kappa shape index (κ3) is 4.74. The van der Waals surface area contributed by atoms with Crippen LogP contribution < -0.4 is 5.32 Å². The van der Waals surface area contributed by atoms with E-state index in [1.165, 1.54) is 51.7 Å². The van der Waals surface area contributed by atoms with Crippen molar-refractivity contribution in [1.29, 1.82) is 0 Å². The molecule has 0 aromatic rings. The largest absolute Gasteiger partial charge is 0.466 e. The molecule has 2 rings (SSSR count). The van der Waals surface area contributed by atoms with E-state index in [0.717, 1.165) is 24.9 Å². The molecule has 2 heterocycles. The topological polar surface area (TPSA) is 41.6 Å². The molecular weight excluding hydrogens is 252 g/mol. The van der Waals surface area contributed by atoms with Crippen LogP contribution in [0.3, 0.4) is 0 Å². The van der Waals surface area contributed by atoms with Crippen molar-refractivity contribution < 1.29 is 9.53 Å². The molecule has 116 valence electrons. The van der Waals surface area contributed by atoms with Crippen LogP contribution in [0.15, 0.2) is 0 Å². The van der Waals surface area contributed by atoms with E-state index < -0.39 is 0 Å². The molecule has 0 radical (unpaired) electrons. The molecule has 0 aromatic carbocycles. The number of hydrogen-bond acceptors (Lipinski definition) is 4. The molecule has 2 unspecified atom stereocenters. The molecule has 0 spiro atoms. The second-order valence-electron chi connectivity index (χ2n) is 6.06. The summed E-state index contributed by atoms with van der Waals surface area (Å²) in [5.74, 6) is -0.0401. The lowest BCUT2D eigenvalue weighted by Gasteiger charge is -2.29. The van der Waals surface area contributed by atoms with Crippen LogP contribution in [0.25, 0.3) is 0 Å². The lowest BCUT2D eigenvalue weighted by molar-refractivity contribution is -0.143. The van der Waals surface area contributed by atoms with Gasteiger partial charge >= 0.3 is 5.97 Å². The highest BCUT2D eigenvalue weighted by Crippen LogP contribution is 2.25. The smallest absolute Gasteiger partial charge is 0.305 e. The van der Waals surface area contributed by atoms with Gasteiger partial charge in [0.2, 0.25) is 0 Å². The quantitative estimate of drug-likeness (QED) is 0.548. The zero-order chi connectivity index (χ0) is 14.2. The zero-order valence-electron chi connectivity index (χ0n) is 12.9. The first kappa shape index (κ1) is 15.8. The summed E-state index contributed by atoms with van der Waals surface area (Å²) >= 11 is 0. The molecule has 0 amide bonds. The van der Waals surface area contributed by atoms with E-state index in [9.17, 15) is 4.79 Å². The molecule has 0 saturated carbocycles. The Kier molecular flexibility index (Phi) is 6.80. The van der Waals surface area contributed by atoms with Crippen molar-refractivity contribution in [3.8, 4) is 0 Å². The molecule has 2 saturated heterocycles. The Bertz CT molecular complexity index is 290. The molecule has 4 nitrogen and oxygen atoms in total. The molecule has 2 aliphatic rings. The Morgan fingerprint density at radius 1 is 1.25 bits per heavy atom. The van der Waals surface area contributed by atoms with Crippen molar-refractivity contribution in [3.05, 3.63) is 0 Å². The first-order valence-electron chi connectivity index (χ1n) is 8.44. The molecule has 0 aliphatic carbocycles. The minimum atomic E-state index is -0.0401. The van der Waals surface area contributed by atoms with Gasteiger partial charge in [-0.25, -0.2) is 0 Å². The van der Waals surface area contributed by atoms with E-state index in [2.05, 4.69) is 10.2 Å².